The Morgan fingerprint density at radius 1 is 1.25 bits per heavy atom. The third kappa shape index (κ3) is 3.16. The second kappa shape index (κ2) is 7.11. The second-order valence-corrected chi connectivity index (χ2v) is 5.15. The summed E-state index contributed by atoms with van der Waals surface area (Å²) in [6, 6.07) is 3.22. The molecule has 5 heteroatoms. The van der Waals surface area contributed by atoms with E-state index in [9.17, 15) is 8.78 Å². The van der Waals surface area contributed by atoms with E-state index in [1.807, 2.05) is 13.8 Å². The summed E-state index contributed by atoms with van der Waals surface area (Å²) in [7, 11) is 0. The SMILES string of the molecule is CCN(CC)C(C)(CC)C(NN)c1ccc(F)cc1F. The molecule has 0 spiro atoms. The Morgan fingerprint density at radius 2 is 1.85 bits per heavy atom. The Morgan fingerprint density at radius 3 is 2.25 bits per heavy atom. The summed E-state index contributed by atoms with van der Waals surface area (Å²) >= 11 is 0. The molecule has 1 aromatic carbocycles. The van der Waals surface area contributed by atoms with Gasteiger partial charge in [-0.25, -0.2) is 8.78 Å². The summed E-state index contributed by atoms with van der Waals surface area (Å²) in [6.45, 7) is 9.89. The molecular formula is C15H25F2N3. The van der Waals surface area contributed by atoms with Gasteiger partial charge in [0.05, 0.1) is 6.04 Å². The first kappa shape index (κ1) is 17.0. The maximum absolute atomic E-state index is 14.1. The van der Waals surface area contributed by atoms with Crippen molar-refractivity contribution in [1.29, 1.82) is 0 Å². The largest absolute Gasteiger partial charge is 0.297 e. The lowest BCUT2D eigenvalue weighted by Crippen LogP contribution is -2.55. The second-order valence-electron chi connectivity index (χ2n) is 5.15. The topological polar surface area (TPSA) is 41.3 Å². The fraction of sp³-hybridized carbons (Fsp3) is 0.600. The molecule has 0 aliphatic rings. The van der Waals surface area contributed by atoms with Gasteiger partial charge in [-0.05, 0) is 32.5 Å². The van der Waals surface area contributed by atoms with Gasteiger partial charge in [0.1, 0.15) is 11.6 Å². The molecule has 2 atom stereocenters. The maximum atomic E-state index is 14.1. The van der Waals surface area contributed by atoms with E-state index >= 15 is 0 Å². The predicted octanol–water partition coefficient (Wildman–Crippen LogP) is 2.98. The Labute approximate surface area is 120 Å². The number of likely N-dealkylation sites (N-methyl/N-ethyl adjacent to an activating group) is 1. The zero-order valence-electron chi connectivity index (χ0n) is 12.7. The lowest BCUT2D eigenvalue weighted by molar-refractivity contribution is 0.0684. The van der Waals surface area contributed by atoms with Crippen LogP contribution in [0.5, 0.6) is 0 Å². The predicted molar refractivity (Wildman–Crippen MR) is 78.0 cm³/mol. The molecule has 0 radical (unpaired) electrons. The van der Waals surface area contributed by atoms with Crippen LogP contribution in [0.15, 0.2) is 18.2 Å². The summed E-state index contributed by atoms with van der Waals surface area (Å²) in [5.41, 5.74) is 2.76. The third-order valence-electron chi connectivity index (χ3n) is 4.26. The van der Waals surface area contributed by atoms with Crippen molar-refractivity contribution in [2.45, 2.75) is 45.7 Å². The van der Waals surface area contributed by atoms with E-state index in [0.717, 1.165) is 25.6 Å². The average molecular weight is 285 g/mol. The van der Waals surface area contributed by atoms with E-state index in [-0.39, 0.29) is 5.54 Å². The van der Waals surface area contributed by atoms with Gasteiger partial charge in [-0.2, -0.15) is 0 Å². The average Bonchev–Trinajstić information content (AvgIpc) is 2.43. The van der Waals surface area contributed by atoms with E-state index in [1.54, 1.807) is 0 Å². The van der Waals surface area contributed by atoms with Gasteiger partial charge in [0.25, 0.3) is 0 Å². The van der Waals surface area contributed by atoms with Gasteiger partial charge in [-0.3, -0.25) is 16.2 Å². The van der Waals surface area contributed by atoms with Crippen LogP contribution in [0.2, 0.25) is 0 Å². The first-order chi connectivity index (χ1) is 9.44. The third-order valence-corrected chi connectivity index (χ3v) is 4.26. The van der Waals surface area contributed by atoms with Gasteiger partial charge in [-0.1, -0.05) is 26.8 Å². The minimum atomic E-state index is -0.580. The van der Waals surface area contributed by atoms with Crippen LogP contribution in [0, 0.1) is 11.6 Å². The zero-order valence-corrected chi connectivity index (χ0v) is 12.7. The fourth-order valence-corrected chi connectivity index (χ4v) is 2.90. The van der Waals surface area contributed by atoms with Crippen LogP contribution in [0.4, 0.5) is 8.78 Å². The highest BCUT2D eigenvalue weighted by atomic mass is 19.1. The van der Waals surface area contributed by atoms with Gasteiger partial charge >= 0.3 is 0 Å². The monoisotopic (exact) mass is 285 g/mol. The number of rotatable bonds is 7. The van der Waals surface area contributed by atoms with Crippen LogP contribution < -0.4 is 11.3 Å². The summed E-state index contributed by atoms with van der Waals surface area (Å²) in [4.78, 5) is 2.24. The number of halogens is 2. The number of hydrogen-bond acceptors (Lipinski definition) is 3. The van der Waals surface area contributed by atoms with Crippen molar-refractivity contribution in [3.05, 3.63) is 35.4 Å². The van der Waals surface area contributed by atoms with Crippen LogP contribution >= 0.6 is 0 Å². The molecule has 1 rings (SSSR count). The molecule has 1 aromatic rings. The molecule has 0 aromatic heterocycles. The summed E-state index contributed by atoms with van der Waals surface area (Å²) in [6.07, 6.45) is 0.792. The molecule has 0 aliphatic carbocycles. The molecule has 3 nitrogen and oxygen atoms in total. The van der Waals surface area contributed by atoms with Gasteiger partial charge in [0, 0.05) is 17.2 Å². The van der Waals surface area contributed by atoms with Crippen molar-refractivity contribution in [3.63, 3.8) is 0 Å². The van der Waals surface area contributed by atoms with Crippen molar-refractivity contribution < 1.29 is 8.78 Å². The Kier molecular flexibility index (Phi) is 6.05. The van der Waals surface area contributed by atoms with Crippen LogP contribution in [0.3, 0.4) is 0 Å². The number of hydrazine groups is 1. The number of nitrogens with zero attached hydrogens (tertiary/aromatic N) is 1. The van der Waals surface area contributed by atoms with Gasteiger partial charge in [-0.15, -0.1) is 0 Å². The van der Waals surface area contributed by atoms with Crippen molar-refractivity contribution in [1.82, 2.24) is 10.3 Å². The highest BCUT2D eigenvalue weighted by Crippen LogP contribution is 2.34. The Hall–Kier alpha value is -1.04. The standard InChI is InChI=1S/C15H25F2N3/c1-5-15(4,20(6-2)7-3)14(19-18)12-9-8-11(16)10-13(12)17/h8-10,14,19H,5-7,18H2,1-4H3. The van der Waals surface area contributed by atoms with Crippen LogP contribution in [0.1, 0.15) is 45.7 Å². The molecule has 0 saturated heterocycles. The maximum Gasteiger partial charge on any atom is 0.131 e. The first-order valence-electron chi connectivity index (χ1n) is 7.10. The van der Waals surface area contributed by atoms with E-state index in [4.69, 9.17) is 5.84 Å². The Balaban J connectivity index is 3.27. The molecule has 0 bridgehead atoms. The highest BCUT2D eigenvalue weighted by Gasteiger charge is 2.38. The van der Waals surface area contributed by atoms with E-state index in [2.05, 4.69) is 24.2 Å². The first-order valence-corrected chi connectivity index (χ1v) is 7.10. The molecule has 0 saturated carbocycles. The van der Waals surface area contributed by atoms with E-state index < -0.39 is 17.7 Å². The quantitative estimate of drug-likeness (QED) is 0.598. The molecular weight excluding hydrogens is 260 g/mol. The normalized spacial score (nSPS) is 16.2. The molecule has 3 N–H and O–H groups in total. The van der Waals surface area contributed by atoms with Gasteiger partial charge < -0.3 is 0 Å². The Bertz CT molecular complexity index is 435. The molecule has 2 unspecified atom stereocenters. The van der Waals surface area contributed by atoms with Crippen LogP contribution in [-0.4, -0.2) is 23.5 Å². The number of nitrogens with one attached hydrogen (secondary N) is 1. The highest BCUT2D eigenvalue weighted by molar-refractivity contribution is 5.25. The van der Waals surface area contributed by atoms with Gasteiger partial charge in [0.15, 0.2) is 0 Å². The summed E-state index contributed by atoms with van der Waals surface area (Å²) in [5, 5.41) is 0. The number of nitrogens with two attached hydrogens (primary N) is 1. The summed E-state index contributed by atoms with van der Waals surface area (Å²) in [5.74, 6) is 4.53. The van der Waals surface area contributed by atoms with E-state index in [1.165, 1.54) is 12.1 Å². The van der Waals surface area contributed by atoms with Crippen LogP contribution in [-0.2, 0) is 0 Å². The number of hydrogen-bond donors (Lipinski definition) is 2. The van der Waals surface area contributed by atoms with Crippen molar-refractivity contribution in [2.75, 3.05) is 13.1 Å². The molecule has 114 valence electrons. The summed E-state index contributed by atoms with van der Waals surface area (Å²) < 4.78 is 27.2. The van der Waals surface area contributed by atoms with Gasteiger partial charge in [0.2, 0.25) is 0 Å². The fourth-order valence-electron chi connectivity index (χ4n) is 2.90. The van der Waals surface area contributed by atoms with E-state index in [0.29, 0.717) is 5.56 Å². The van der Waals surface area contributed by atoms with Crippen molar-refractivity contribution >= 4 is 0 Å². The van der Waals surface area contributed by atoms with Crippen LogP contribution in [0.25, 0.3) is 0 Å². The molecule has 0 aliphatic heterocycles. The van der Waals surface area contributed by atoms with Crippen molar-refractivity contribution in [2.24, 2.45) is 5.84 Å². The smallest absolute Gasteiger partial charge is 0.131 e. The molecule has 0 amide bonds. The lowest BCUT2D eigenvalue weighted by atomic mass is 9.83. The lowest BCUT2D eigenvalue weighted by Gasteiger charge is -2.45. The van der Waals surface area contributed by atoms with Crippen molar-refractivity contribution in [3.8, 4) is 0 Å². The molecule has 20 heavy (non-hydrogen) atoms. The minimum Gasteiger partial charge on any atom is -0.297 e. The number of benzene rings is 1. The molecule has 0 heterocycles. The zero-order chi connectivity index (χ0) is 15.3. The minimum absolute atomic E-state index is 0.350. The molecule has 0 fully saturated rings.